The second-order valence-corrected chi connectivity index (χ2v) is 4.52. The molecule has 1 aromatic heterocycles. The summed E-state index contributed by atoms with van der Waals surface area (Å²) in [4.78, 5) is 3.83. The monoisotopic (exact) mass is 244 g/mol. The van der Waals surface area contributed by atoms with Gasteiger partial charge in [0.1, 0.15) is 5.82 Å². The highest BCUT2D eigenvalue weighted by Gasteiger charge is 2.04. The second-order valence-electron chi connectivity index (χ2n) is 4.52. The number of aromatic nitrogens is 1. The van der Waals surface area contributed by atoms with E-state index < -0.39 is 0 Å². The van der Waals surface area contributed by atoms with Gasteiger partial charge in [-0.1, -0.05) is 29.8 Å². The standard InChI is InChI=1S/C15H17FN2/c1-11-3-5-14(6-4-11)12(2)18-9-13-7-15(16)10-17-8-13/h3-8,10,12,18H,9H2,1-2H3. The van der Waals surface area contributed by atoms with Crippen LogP contribution < -0.4 is 5.32 Å². The summed E-state index contributed by atoms with van der Waals surface area (Å²) < 4.78 is 13.0. The molecule has 0 aliphatic rings. The molecule has 1 aromatic carbocycles. The second kappa shape index (κ2) is 5.74. The Hall–Kier alpha value is -1.74. The van der Waals surface area contributed by atoms with E-state index in [1.165, 1.54) is 23.4 Å². The predicted octanol–water partition coefficient (Wildman–Crippen LogP) is 3.38. The zero-order valence-corrected chi connectivity index (χ0v) is 10.7. The molecule has 2 aromatic rings. The fraction of sp³-hybridized carbons (Fsp3) is 0.267. The lowest BCUT2D eigenvalue weighted by Gasteiger charge is -2.14. The number of nitrogens with zero attached hydrogens (tertiary/aromatic N) is 1. The van der Waals surface area contributed by atoms with E-state index in [2.05, 4.69) is 48.4 Å². The van der Waals surface area contributed by atoms with Crippen LogP contribution in [0.25, 0.3) is 0 Å². The van der Waals surface area contributed by atoms with Crippen LogP contribution in [0.1, 0.15) is 29.7 Å². The molecular weight excluding hydrogens is 227 g/mol. The summed E-state index contributed by atoms with van der Waals surface area (Å²) in [6.45, 7) is 4.78. The van der Waals surface area contributed by atoms with Crippen molar-refractivity contribution in [1.29, 1.82) is 0 Å². The molecule has 0 bridgehead atoms. The third-order valence-corrected chi connectivity index (χ3v) is 2.95. The highest BCUT2D eigenvalue weighted by molar-refractivity contribution is 5.23. The van der Waals surface area contributed by atoms with Crippen LogP contribution in [0.4, 0.5) is 4.39 Å². The van der Waals surface area contributed by atoms with Crippen LogP contribution in [0.2, 0.25) is 0 Å². The van der Waals surface area contributed by atoms with Gasteiger partial charge in [0.2, 0.25) is 0 Å². The Morgan fingerprint density at radius 1 is 1.22 bits per heavy atom. The first-order chi connectivity index (χ1) is 8.65. The lowest BCUT2D eigenvalue weighted by molar-refractivity contribution is 0.566. The van der Waals surface area contributed by atoms with Crippen LogP contribution in [0.5, 0.6) is 0 Å². The van der Waals surface area contributed by atoms with Crippen molar-refractivity contribution in [2.75, 3.05) is 0 Å². The maximum atomic E-state index is 13.0. The summed E-state index contributed by atoms with van der Waals surface area (Å²) >= 11 is 0. The van der Waals surface area contributed by atoms with Crippen molar-refractivity contribution < 1.29 is 4.39 Å². The van der Waals surface area contributed by atoms with E-state index >= 15 is 0 Å². The average Bonchev–Trinajstić information content (AvgIpc) is 2.37. The number of hydrogen-bond donors (Lipinski definition) is 1. The number of pyridine rings is 1. The minimum Gasteiger partial charge on any atom is -0.306 e. The van der Waals surface area contributed by atoms with Gasteiger partial charge in [-0.25, -0.2) is 4.39 Å². The molecule has 2 nitrogen and oxygen atoms in total. The molecule has 0 aliphatic carbocycles. The zero-order valence-electron chi connectivity index (χ0n) is 10.7. The Bertz CT molecular complexity index is 508. The van der Waals surface area contributed by atoms with Crippen LogP contribution in [-0.4, -0.2) is 4.98 Å². The van der Waals surface area contributed by atoms with Crippen molar-refractivity contribution >= 4 is 0 Å². The van der Waals surface area contributed by atoms with Gasteiger partial charge in [0.15, 0.2) is 0 Å². The molecule has 0 radical (unpaired) electrons. The van der Waals surface area contributed by atoms with E-state index in [1.54, 1.807) is 6.20 Å². The summed E-state index contributed by atoms with van der Waals surface area (Å²) in [5.41, 5.74) is 3.33. The lowest BCUT2D eigenvalue weighted by atomic mass is 10.1. The Kier molecular flexibility index (Phi) is 4.05. The van der Waals surface area contributed by atoms with E-state index in [0.29, 0.717) is 6.54 Å². The molecule has 2 rings (SSSR count). The first-order valence-corrected chi connectivity index (χ1v) is 6.04. The summed E-state index contributed by atoms with van der Waals surface area (Å²) in [6.07, 6.45) is 2.89. The van der Waals surface area contributed by atoms with E-state index in [-0.39, 0.29) is 11.9 Å². The van der Waals surface area contributed by atoms with E-state index in [1.807, 2.05) is 0 Å². The minimum atomic E-state index is -0.294. The minimum absolute atomic E-state index is 0.230. The third kappa shape index (κ3) is 3.37. The van der Waals surface area contributed by atoms with Crippen molar-refractivity contribution in [2.24, 2.45) is 0 Å². The third-order valence-electron chi connectivity index (χ3n) is 2.95. The van der Waals surface area contributed by atoms with Crippen LogP contribution >= 0.6 is 0 Å². The number of hydrogen-bond acceptors (Lipinski definition) is 2. The van der Waals surface area contributed by atoms with Crippen LogP contribution in [0, 0.1) is 12.7 Å². The summed E-state index contributed by atoms with van der Waals surface area (Å²) in [5, 5.41) is 3.36. The molecule has 0 aliphatic heterocycles. The first kappa shape index (κ1) is 12.7. The van der Waals surface area contributed by atoms with Crippen molar-refractivity contribution in [3.05, 3.63) is 65.2 Å². The Balaban J connectivity index is 1.96. The number of aryl methyl sites for hydroxylation is 1. The fourth-order valence-electron chi connectivity index (χ4n) is 1.80. The Morgan fingerprint density at radius 2 is 1.94 bits per heavy atom. The van der Waals surface area contributed by atoms with Crippen LogP contribution in [-0.2, 0) is 6.54 Å². The Labute approximate surface area is 107 Å². The molecular formula is C15H17FN2. The zero-order chi connectivity index (χ0) is 13.0. The molecule has 0 saturated heterocycles. The molecule has 0 amide bonds. The summed E-state index contributed by atoms with van der Waals surface area (Å²) in [5.74, 6) is -0.294. The van der Waals surface area contributed by atoms with Gasteiger partial charge in [0, 0.05) is 18.8 Å². The van der Waals surface area contributed by atoms with E-state index in [4.69, 9.17) is 0 Å². The molecule has 0 fully saturated rings. The average molecular weight is 244 g/mol. The highest BCUT2D eigenvalue weighted by Crippen LogP contribution is 2.13. The van der Waals surface area contributed by atoms with Crippen molar-refractivity contribution in [1.82, 2.24) is 10.3 Å². The lowest BCUT2D eigenvalue weighted by Crippen LogP contribution is -2.18. The van der Waals surface area contributed by atoms with Crippen LogP contribution in [0.3, 0.4) is 0 Å². The van der Waals surface area contributed by atoms with Gasteiger partial charge >= 0.3 is 0 Å². The van der Waals surface area contributed by atoms with Gasteiger partial charge in [-0.15, -0.1) is 0 Å². The first-order valence-electron chi connectivity index (χ1n) is 6.04. The molecule has 1 unspecified atom stereocenters. The number of halogens is 1. The SMILES string of the molecule is Cc1ccc(C(C)NCc2cncc(F)c2)cc1. The highest BCUT2D eigenvalue weighted by atomic mass is 19.1. The van der Waals surface area contributed by atoms with Gasteiger partial charge in [0.05, 0.1) is 6.20 Å². The summed E-state index contributed by atoms with van der Waals surface area (Å²) in [7, 11) is 0. The van der Waals surface area contributed by atoms with Gasteiger partial charge in [-0.3, -0.25) is 4.98 Å². The predicted molar refractivity (Wildman–Crippen MR) is 70.6 cm³/mol. The molecule has 0 spiro atoms. The molecule has 1 heterocycles. The number of nitrogens with one attached hydrogen (secondary N) is 1. The molecule has 18 heavy (non-hydrogen) atoms. The van der Waals surface area contributed by atoms with E-state index in [9.17, 15) is 4.39 Å². The van der Waals surface area contributed by atoms with Gasteiger partial charge < -0.3 is 5.32 Å². The molecule has 1 atom stereocenters. The van der Waals surface area contributed by atoms with Crippen molar-refractivity contribution in [3.63, 3.8) is 0 Å². The fourth-order valence-corrected chi connectivity index (χ4v) is 1.80. The summed E-state index contributed by atoms with van der Waals surface area (Å²) in [6, 6.07) is 10.1. The van der Waals surface area contributed by atoms with E-state index in [0.717, 1.165) is 5.56 Å². The van der Waals surface area contributed by atoms with Crippen LogP contribution in [0.15, 0.2) is 42.7 Å². The Morgan fingerprint density at radius 3 is 2.61 bits per heavy atom. The number of benzene rings is 1. The maximum Gasteiger partial charge on any atom is 0.141 e. The molecule has 0 saturated carbocycles. The smallest absolute Gasteiger partial charge is 0.141 e. The molecule has 3 heteroatoms. The number of rotatable bonds is 4. The molecule has 1 N–H and O–H groups in total. The molecule has 94 valence electrons. The normalized spacial score (nSPS) is 12.4. The van der Waals surface area contributed by atoms with Crippen molar-refractivity contribution in [2.45, 2.75) is 26.4 Å². The maximum absolute atomic E-state index is 13.0. The van der Waals surface area contributed by atoms with Gasteiger partial charge in [-0.2, -0.15) is 0 Å². The largest absolute Gasteiger partial charge is 0.306 e. The van der Waals surface area contributed by atoms with Gasteiger partial charge in [-0.05, 0) is 31.0 Å². The topological polar surface area (TPSA) is 24.9 Å². The quantitative estimate of drug-likeness (QED) is 0.891. The van der Waals surface area contributed by atoms with Crippen molar-refractivity contribution in [3.8, 4) is 0 Å². The van der Waals surface area contributed by atoms with Gasteiger partial charge in [0.25, 0.3) is 0 Å².